The topological polar surface area (TPSA) is 96.2 Å². The third-order valence-corrected chi connectivity index (χ3v) is 5.75. The molecular weight excluding hydrogens is 465 g/mol. The molecule has 1 aromatic rings. The lowest BCUT2D eigenvalue weighted by atomic mass is 9.89. The third kappa shape index (κ3) is 10.0. The molecule has 0 aromatic heterocycles. The predicted octanol–water partition coefficient (Wildman–Crippen LogP) is 4.43. The number of ether oxygens (including phenoxy) is 2. The zero-order valence-electron chi connectivity index (χ0n) is 20.0. The van der Waals surface area contributed by atoms with Crippen LogP contribution in [0.15, 0.2) is 48.6 Å². The van der Waals surface area contributed by atoms with Crippen molar-refractivity contribution in [3.05, 3.63) is 54.1 Å². The Morgan fingerprint density at radius 1 is 1.20 bits per heavy atom. The quantitative estimate of drug-likeness (QED) is 0.223. The highest BCUT2D eigenvalue weighted by atomic mass is 19.4. The second kappa shape index (κ2) is 13.7. The van der Waals surface area contributed by atoms with Crippen molar-refractivity contribution >= 4 is 5.97 Å². The molecule has 35 heavy (non-hydrogen) atoms. The van der Waals surface area contributed by atoms with Crippen LogP contribution in [0.3, 0.4) is 0 Å². The van der Waals surface area contributed by atoms with Gasteiger partial charge in [0.25, 0.3) is 0 Å². The van der Waals surface area contributed by atoms with E-state index in [0.717, 1.165) is 12.1 Å². The summed E-state index contributed by atoms with van der Waals surface area (Å²) in [6.07, 6.45) is 2.09. The standard InChI is InChI=1S/C26H35F3O6/c1-17(2)35-25(33)11-6-4-3-5-10-21-22(24(32)15-23(21)31)13-12-19(30)16-34-20-9-7-8-18(14-20)26(27,28)29/h3,5,7-9,12-14,17,19,21-24,30-32H,4,6,10-11,15-16H2,1-2H3/b5-3+,13-12+/t19?,21-,22+,23+,24-/m1/s1. The lowest BCUT2D eigenvalue weighted by molar-refractivity contribution is -0.147. The Hall–Kier alpha value is -2.36. The molecule has 0 heterocycles. The number of aliphatic hydroxyl groups is 3. The van der Waals surface area contributed by atoms with Gasteiger partial charge in [-0.3, -0.25) is 4.79 Å². The largest absolute Gasteiger partial charge is 0.491 e. The Kier molecular flexibility index (Phi) is 11.3. The minimum Gasteiger partial charge on any atom is -0.491 e. The van der Waals surface area contributed by atoms with Crippen LogP contribution in [0.2, 0.25) is 0 Å². The molecule has 1 unspecified atom stereocenters. The summed E-state index contributed by atoms with van der Waals surface area (Å²) in [7, 11) is 0. The van der Waals surface area contributed by atoms with Crippen molar-refractivity contribution in [1.82, 2.24) is 0 Å². The SMILES string of the molecule is CC(C)OC(=O)CCC/C=C/C[C@@H]1[C@H](/C=C/C(O)COc2cccc(C(F)(F)F)c2)[C@H](O)C[C@@H]1O. The molecule has 2 rings (SSSR count). The van der Waals surface area contributed by atoms with Gasteiger partial charge in [0, 0.05) is 18.8 Å². The fourth-order valence-corrected chi connectivity index (χ4v) is 4.02. The van der Waals surface area contributed by atoms with Crippen molar-refractivity contribution in [3.8, 4) is 5.75 Å². The van der Waals surface area contributed by atoms with E-state index < -0.39 is 30.1 Å². The molecule has 0 aliphatic heterocycles. The number of benzene rings is 1. The van der Waals surface area contributed by atoms with Crippen molar-refractivity contribution < 1.29 is 42.8 Å². The lowest BCUT2D eigenvalue weighted by Gasteiger charge is -2.19. The number of esters is 1. The first-order valence-corrected chi connectivity index (χ1v) is 11.8. The minimum atomic E-state index is -4.49. The van der Waals surface area contributed by atoms with Gasteiger partial charge >= 0.3 is 12.1 Å². The molecule has 1 aromatic carbocycles. The van der Waals surface area contributed by atoms with E-state index in [4.69, 9.17) is 9.47 Å². The molecule has 1 aliphatic carbocycles. The smallest absolute Gasteiger partial charge is 0.416 e. The van der Waals surface area contributed by atoms with Crippen LogP contribution in [-0.4, -0.2) is 52.3 Å². The van der Waals surface area contributed by atoms with E-state index in [0.29, 0.717) is 25.7 Å². The van der Waals surface area contributed by atoms with Gasteiger partial charge in [-0.05, 0) is 57.2 Å². The number of carbonyl (C=O) groups is 1. The second-order valence-electron chi connectivity index (χ2n) is 9.04. The summed E-state index contributed by atoms with van der Waals surface area (Å²) >= 11 is 0. The van der Waals surface area contributed by atoms with Gasteiger partial charge in [0.15, 0.2) is 0 Å². The van der Waals surface area contributed by atoms with Crippen LogP contribution in [0.5, 0.6) is 5.75 Å². The monoisotopic (exact) mass is 500 g/mol. The first kappa shape index (κ1) is 28.9. The van der Waals surface area contributed by atoms with Crippen molar-refractivity contribution in [2.24, 2.45) is 11.8 Å². The Labute approximate surface area is 204 Å². The van der Waals surface area contributed by atoms with Gasteiger partial charge in [0.1, 0.15) is 18.5 Å². The average Bonchev–Trinajstić information content (AvgIpc) is 3.04. The Morgan fingerprint density at radius 3 is 2.63 bits per heavy atom. The van der Waals surface area contributed by atoms with Gasteiger partial charge in [0.05, 0.1) is 23.9 Å². The normalized spacial score (nSPS) is 23.9. The molecular formula is C26H35F3O6. The molecule has 0 saturated heterocycles. The molecule has 0 amide bonds. The fraction of sp³-hybridized carbons (Fsp3) is 0.577. The molecule has 0 radical (unpaired) electrons. The number of unbranched alkanes of at least 4 members (excludes halogenated alkanes) is 1. The summed E-state index contributed by atoms with van der Waals surface area (Å²) in [6, 6.07) is 4.40. The van der Waals surface area contributed by atoms with Gasteiger partial charge in [-0.15, -0.1) is 0 Å². The van der Waals surface area contributed by atoms with Crippen LogP contribution in [0, 0.1) is 11.8 Å². The van der Waals surface area contributed by atoms with Gasteiger partial charge in [-0.1, -0.05) is 30.4 Å². The van der Waals surface area contributed by atoms with E-state index in [1.807, 2.05) is 12.2 Å². The van der Waals surface area contributed by atoms with Crippen LogP contribution >= 0.6 is 0 Å². The molecule has 5 atom stereocenters. The number of halogens is 3. The maximum Gasteiger partial charge on any atom is 0.416 e. The van der Waals surface area contributed by atoms with Crippen LogP contribution < -0.4 is 4.74 Å². The number of hydrogen-bond donors (Lipinski definition) is 3. The van der Waals surface area contributed by atoms with Crippen LogP contribution in [-0.2, 0) is 15.7 Å². The predicted molar refractivity (Wildman–Crippen MR) is 125 cm³/mol. The van der Waals surface area contributed by atoms with E-state index in [1.54, 1.807) is 19.9 Å². The van der Waals surface area contributed by atoms with Gasteiger partial charge in [-0.25, -0.2) is 0 Å². The summed E-state index contributed by atoms with van der Waals surface area (Å²) in [5.74, 6) is -0.883. The zero-order chi connectivity index (χ0) is 26.0. The summed E-state index contributed by atoms with van der Waals surface area (Å²) in [6.45, 7) is 3.34. The first-order chi connectivity index (χ1) is 16.5. The molecule has 196 valence electrons. The molecule has 1 fully saturated rings. The molecule has 0 spiro atoms. The second-order valence-corrected chi connectivity index (χ2v) is 9.04. The molecule has 1 aliphatic rings. The van der Waals surface area contributed by atoms with Crippen LogP contribution in [0.4, 0.5) is 13.2 Å². The highest BCUT2D eigenvalue weighted by molar-refractivity contribution is 5.69. The van der Waals surface area contributed by atoms with Crippen LogP contribution in [0.1, 0.15) is 51.5 Å². The Morgan fingerprint density at radius 2 is 1.94 bits per heavy atom. The first-order valence-electron chi connectivity index (χ1n) is 11.8. The average molecular weight is 501 g/mol. The molecule has 1 saturated carbocycles. The number of rotatable bonds is 12. The van der Waals surface area contributed by atoms with E-state index >= 15 is 0 Å². The Balaban J connectivity index is 1.82. The van der Waals surface area contributed by atoms with Gasteiger partial charge in [0.2, 0.25) is 0 Å². The summed E-state index contributed by atoms with van der Waals surface area (Å²) < 4.78 is 48.8. The van der Waals surface area contributed by atoms with Crippen molar-refractivity contribution in [2.75, 3.05) is 6.61 Å². The summed E-state index contributed by atoms with van der Waals surface area (Å²) in [5, 5.41) is 30.8. The minimum absolute atomic E-state index is 0.0101. The van der Waals surface area contributed by atoms with Crippen molar-refractivity contribution in [2.45, 2.75) is 76.5 Å². The molecule has 6 nitrogen and oxygen atoms in total. The maximum atomic E-state index is 12.8. The molecule has 9 heteroatoms. The Bertz CT molecular complexity index is 852. The third-order valence-electron chi connectivity index (χ3n) is 5.75. The van der Waals surface area contributed by atoms with Gasteiger partial charge in [-0.2, -0.15) is 13.2 Å². The van der Waals surface area contributed by atoms with Crippen LogP contribution in [0.25, 0.3) is 0 Å². The number of allylic oxidation sites excluding steroid dienone is 2. The van der Waals surface area contributed by atoms with Crippen molar-refractivity contribution in [3.63, 3.8) is 0 Å². The lowest BCUT2D eigenvalue weighted by Crippen LogP contribution is -2.21. The number of alkyl halides is 3. The number of carbonyl (C=O) groups excluding carboxylic acids is 1. The zero-order valence-corrected chi connectivity index (χ0v) is 20.0. The number of hydrogen-bond acceptors (Lipinski definition) is 6. The molecule has 0 bridgehead atoms. The molecule has 3 N–H and O–H groups in total. The van der Waals surface area contributed by atoms with E-state index in [2.05, 4.69) is 0 Å². The summed E-state index contributed by atoms with van der Waals surface area (Å²) in [4.78, 5) is 11.5. The van der Waals surface area contributed by atoms with E-state index in [1.165, 1.54) is 18.2 Å². The summed E-state index contributed by atoms with van der Waals surface area (Å²) in [5.41, 5.74) is -0.838. The highest BCUT2D eigenvalue weighted by Gasteiger charge is 2.39. The number of aliphatic hydroxyl groups excluding tert-OH is 3. The fourth-order valence-electron chi connectivity index (χ4n) is 4.02. The maximum absolute atomic E-state index is 12.8. The van der Waals surface area contributed by atoms with Gasteiger partial charge < -0.3 is 24.8 Å². The van der Waals surface area contributed by atoms with E-state index in [9.17, 15) is 33.3 Å². The van der Waals surface area contributed by atoms with E-state index in [-0.39, 0.29) is 42.7 Å². The highest BCUT2D eigenvalue weighted by Crippen LogP contribution is 2.36. The van der Waals surface area contributed by atoms with Crippen molar-refractivity contribution in [1.29, 1.82) is 0 Å².